The molecule has 1 unspecified atom stereocenters. The number of piperidine rings is 1. The highest BCUT2D eigenvalue weighted by molar-refractivity contribution is 7.13. The molecule has 1 atom stereocenters. The lowest BCUT2D eigenvalue weighted by Gasteiger charge is -2.32. The molecular formula is C15H24N2OS. The molecule has 0 radical (unpaired) electrons. The van der Waals surface area contributed by atoms with E-state index in [4.69, 9.17) is 4.98 Å². The van der Waals surface area contributed by atoms with Crippen LogP contribution in [-0.2, 0) is 6.54 Å². The second-order valence-corrected chi connectivity index (χ2v) is 6.93. The van der Waals surface area contributed by atoms with Crippen LogP contribution in [0.5, 0.6) is 0 Å². The Kier molecular flexibility index (Phi) is 4.74. The zero-order valence-electron chi connectivity index (χ0n) is 12.4. The number of nitrogens with zero attached hydrogens (tertiary/aromatic N) is 2. The molecule has 0 bridgehead atoms. The van der Waals surface area contributed by atoms with E-state index >= 15 is 0 Å². The van der Waals surface area contributed by atoms with Crippen LogP contribution in [0.4, 0.5) is 0 Å². The molecule has 19 heavy (non-hydrogen) atoms. The molecule has 0 aromatic carbocycles. The molecule has 1 saturated heterocycles. The molecule has 1 aliphatic rings. The van der Waals surface area contributed by atoms with Gasteiger partial charge in [-0.15, -0.1) is 11.3 Å². The molecule has 2 heterocycles. The van der Waals surface area contributed by atoms with Gasteiger partial charge in [0.25, 0.3) is 0 Å². The number of likely N-dealkylation sites (tertiary alicyclic amines) is 1. The van der Waals surface area contributed by atoms with Crippen molar-refractivity contribution < 1.29 is 4.79 Å². The Labute approximate surface area is 120 Å². The Morgan fingerprint density at radius 1 is 1.47 bits per heavy atom. The summed E-state index contributed by atoms with van der Waals surface area (Å²) < 4.78 is 0. The number of hydrogen-bond donors (Lipinski definition) is 0. The summed E-state index contributed by atoms with van der Waals surface area (Å²) in [4.78, 5) is 19.8. The van der Waals surface area contributed by atoms with Crippen molar-refractivity contribution in [2.75, 3.05) is 6.54 Å². The molecule has 1 aliphatic heterocycles. The van der Waals surface area contributed by atoms with Gasteiger partial charge in [-0.05, 0) is 32.2 Å². The van der Waals surface area contributed by atoms with Gasteiger partial charge in [0.1, 0.15) is 5.01 Å². The number of hydrogen-bond acceptors (Lipinski definition) is 4. The standard InChI is InChI=1S/C15H24N2OS/c1-10(2)14-15(12(4)18)19-13(16-14)9-17-8-6-5-7-11(17)3/h10-11H,5-9H2,1-4H3. The third kappa shape index (κ3) is 3.42. The molecule has 1 aromatic heterocycles. The molecular weight excluding hydrogens is 256 g/mol. The first-order valence-electron chi connectivity index (χ1n) is 7.23. The first kappa shape index (κ1) is 14.7. The van der Waals surface area contributed by atoms with E-state index in [1.807, 2.05) is 0 Å². The Hall–Kier alpha value is -0.740. The summed E-state index contributed by atoms with van der Waals surface area (Å²) in [5.41, 5.74) is 0.983. The number of ketones is 1. The monoisotopic (exact) mass is 280 g/mol. The minimum Gasteiger partial charge on any atom is -0.294 e. The first-order chi connectivity index (χ1) is 8.99. The van der Waals surface area contributed by atoms with Crippen LogP contribution in [0.3, 0.4) is 0 Å². The van der Waals surface area contributed by atoms with E-state index in [9.17, 15) is 4.79 Å². The van der Waals surface area contributed by atoms with Gasteiger partial charge in [0.15, 0.2) is 5.78 Å². The third-order valence-corrected chi connectivity index (χ3v) is 5.00. The predicted octanol–water partition coefficient (Wildman–Crippen LogP) is 3.84. The van der Waals surface area contributed by atoms with Gasteiger partial charge < -0.3 is 0 Å². The highest BCUT2D eigenvalue weighted by Crippen LogP contribution is 2.28. The number of aromatic nitrogens is 1. The highest BCUT2D eigenvalue weighted by atomic mass is 32.1. The lowest BCUT2D eigenvalue weighted by atomic mass is 10.0. The highest BCUT2D eigenvalue weighted by Gasteiger charge is 2.22. The van der Waals surface area contributed by atoms with Crippen LogP contribution in [0.2, 0.25) is 0 Å². The van der Waals surface area contributed by atoms with Crippen LogP contribution in [0.25, 0.3) is 0 Å². The van der Waals surface area contributed by atoms with E-state index in [1.54, 1.807) is 18.3 Å². The third-order valence-electron chi connectivity index (χ3n) is 3.84. The van der Waals surface area contributed by atoms with Crippen molar-refractivity contribution in [3.05, 3.63) is 15.6 Å². The van der Waals surface area contributed by atoms with Crippen molar-refractivity contribution in [1.82, 2.24) is 9.88 Å². The minimum absolute atomic E-state index is 0.152. The molecule has 3 nitrogen and oxygen atoms in total. The maximum Gasteiger partial charge on any atom is 0.171 e. The molecule has 0 N–H and O–H groups in total. The number of thiazole rings is 1. The number of carbonyl (C=O) groups is 1. The topological polar surface area (TPSA) is 33.2 Å². The molecule has 0 aliphatic carbocycles. The van der Waals surface area contributed by atoms with Crippen LogP contribution in [0, 0.1) is 0 Å². The van der Waals surface area contributed by atoms with Gasteiger partial charge in [0.05, 0.1) is 17.1 Å². The summed E-state index contributed by atoms with van der Waals surface area (Å²) in [6.45, 7) is 10.2. The van der Waals surface area contributed by atoms with E-state index in [0.717, 1.165) is 28.7 Å². The zero-order valence-corrected chi connectivity index (χ0v) is 13.2. The predicted molar refractivity (Wildman–Crippen MR) is 79.9 cm³/mol. The molecule has 4 heteroatoms. The van der Waals surface area contributed by atoms with Crippen molar-refractivity contribution in [3.8, 4) is 0 Å². The smallest absolute Gasteiger partial charge is 0.171 e. The van der Waals surface area contributed by atoms with Crippen LogP contribution in [-0.4, -0.2) is 28.3 Å². The van der Waals surface area contributed by atoms with Crippen molar-refractivity contribution in [3.63, 3.8) is 0 Å². The fourth-order valence-corrected chi connectivity index (χ4v) is 3.80. The van der Waals surface area contributed by atoms with Gasteiger partial charge >= 0.3 is 0 Å². The number of Topliss-reactive ketones (excluding diaryl/α,β-unsaturated/α-hetero) is 1. The molecule has 1 fully saturated rings. The van der Waals surface area contributed by atoms with Gasteiger partial charge in [-0.3, -0.25) is 9.69 Å². The summed E-state index contributed by atoms with van der Waals surface area (Å²) >= 11 is 1.59. The molecule has 106 valence electrons. The summed E-state index contributed by atoms with van der Waals surface area (Å²) in [6, 6.07) is 0.640. The normalized spacial score (nSPS) is 21.0. The SMILES string of the molecule is CC(=O)c1sc(CN2CCCCC2C)nc1C(C)C. The van der Waals surface area contributed by atoms with Gasteiger partial charge in [-0.25, -0.2) is 4.98 Å². The second kappa shape index (κ2) is 6.14. The minimum atomic E-state index is 0.152. The molecule has 2 rings (SSSR count). The lowest BCUT2D eigenvalue weighted by molar-refractivity contribution is 0.102. The van der Waals surface area contributed by atoms with Gasteiger partial charge in [0, 0.05) is 13.0 Å². The summed E-state index contributed by atoms with van der Waals surface area (Å²) in [5, 5.41) is 1.10. The number of rotatable bonds is 4. The van der Waals surface area contributed by atoms with Crippen LogP contribution >= 0.6 is 11.3 Å². The summed E-state index contributed by atoms with van der Waals surface area (Å²) in [7, 11) is 0. The van der Waals surface area contributed by atoms with Crippen LogP contribution in [0.15, 0.2) is 0 Å². The number of carbonyl (C=O) groups excluding carboxylic acids is 1. The lowest BCUT2D eigenvalue weighted by Crippen LogP contribution is -2.36. The maximum atomic E-state index is 11.7. The molecule has 0 amide bonds. The fourth-order valence-electron chi connectivity index (χ4n) is 2.66. The van der Waals surface area contributed by atoms with Crippen molar-refractivity contribution in [1.29, 1.82) is 0 Å². The Morgan fingerprint density at radius 2 is 2.21 bits per heavy atom. The van der Waals surface area contributed by atoms with Crippen molar-refractivity contribution in [2.24, 2.45) is 0 Å². The molecule has 1 aromatic rings. The maximum absolute atomic E-state index is 11.7. The van der Waals surface area contributed by atoms with E-state index in [0.29, 0.717) is 12.0 Å². The van der Waals surface area contributed by atoms with E-state index in [1.165, 1.54) is 19.3 Å². The Balaban J connectivity index is 2.16. The van der Waals surface area contributed by atoms with Gasteiger partial charge in [-0.2, -0.15) is 0 Å². The Bertz CT molecular complexity index is 453. The molecule has 0 saturated carbocycles. The fraction of sp³-hybridized carbons (Fsp3) is 0.733. The summed E-state index contributed by atoms with van der Waals surface area (Å²) in [6.07, 6.45) is 3.90. The van der Waals surface area contributed by atoms with Gasteiger partial charge in [-0.1, -0.05) is 20.3 Å². The van der Waals surface area contributed by atoms with Crippen molar-refractivity contribution in [2.45, 2.75) is 65.5 Å². The average molecular weight is 280 g/mol. The quantitative estimate of drug-likeness (QED) is 0.786. The van der Waals surface area contributed by atoms with Crippen LogP contribution < -0.4 is 0 Å². The van der Waals surface area contributed by atoms with E-state index in [-0.39, 0.29) is 5.78 Å². The largest absolute Gasteiger partial charge is 0.294 e. The molecule has 0 spiro atoms. The van der Waals surface area contributed by atoms with Crippen molar-refractivity contribution >= 4 is 17.1 Å². The van der Waals surface area contributed by atoms with Gasteiger partial charge in [0.2, 0.25) is 0 Å². The average Bonchev–Trinajstić information content (AvgIpc) is 2.76. The second-order valence-electron chi connectivity index (χ2n) is 5.85. The van der Waals surface area contributed by atoms with Crippen LogP contribution in [0.1, 0.15) is 73.2 Å². The van der Waals surface area contributed by atoms with E-state index < -0.39 is 0 Å². The Morgan fingerprint density at radius 3 is 2.74 bits per heavy atom. The first-order valence-corrected chi connectivity index (χ1v) is 8.05. The summed E-state index contributed by atoms with van der Waals surface area (Å²) in [5.74, 6) is 0.474. The van der Waals surface area contributed by atoms with E-state index in [2.05, 4.69) is 25.7 Å². The zero-order chi connectivity index (χ0) is 14.0.